The van der Waals surface area contributed by atoms with E-state index in [1.54, 1.807) is 16.8 Å². The van der Waals surface area contributed by atoms with Gasteiger partial charge < -0.3 is 24.8 Å². The normalized spacial score (nSPS) is 11.8. The number of ether oxygens (including phenoxy) is 3. The summed E-state index contributed by atoms with van der Waals surface area (Å²) >= 11 is 0. The van der Waals surface area contributed by atoms with Crippen molar-refractivity contribution in [2.75, 3.05) is 18.7 Å². The number of benzene rings is 3. The Morgan fingerprint density at radius 3 is 2.50 bits per heavy atom. The van der Waals surface area contributed by atoms with E-state index in [0.717, 1.165) is 28.8 Å². The molecule has 0 saturated carbocycles. The van der Waals surface area contributed by atoms with Crippen LogP contribution in [0.5, 0.6) is 17.4 Å². The maximum atomic E-state index is 12.3. The summed E-state index contributed by atoms with van der Waals surface area (Å²) in [5, 5.41) is 10.5. The lowest BCUT2D eigenvalue weighted by atomic mass is 10.0. The highest BCUT2D eigenvalue weighted by Crippen LogP contribution is 2.44. The van der Waals surface area contributed by atoms with E-state index in [2.05, 4.69) is 10.6 Å². The lowest BCUT2D eigenvalue weighted by Gasteiger charge is -2.11. The monoisotopic (exact) mass is 512 g/mol. The summed E-state index contributed by atoms with van der Waals surface area (Å²) in [4.78, 5) is 24.4. The van der Waals surface area contributed by atoms with Crippen LogP contribution < -0.4 is 24.8 Å². The molecular formula is C29H28N4O5. The van der Waals surface area contributed by atoms with Crippen LogP contribution in [0.15, 0.2) is 66.7 Å². The first-order chi connectivity index (χ1) is 18.4. The van der Waals surface area contributed by atoms with Crippen molar-refractivity contribution in [3.8, 4) is 45.5 Å². The Hall–Kier alpha value is -4.79. The van der Waals surface area contributed by atoms with E-state index in [4.69, 9.17) is 19.3 Å². The van der Waals surface area contributed by atoms with Crippen LogP contribution in [0.2, 0.25) is 0 Å². The second-order valence-corrected chi connectivity index (χ2v) is 8.90. The van der Waals surface area contributed by atoms with Crippen LogP contribution >= 0.6 is 0 Å². The first kappa shape index (κ1) is 24.9. The SMILES string of the molecule is CCCNC(=O)Nc1ccc(-c2c(-c3ccc4c(c3)OCO4)nn(-c3cccc(C)c3)c2OC(C)=O)cc1. The Balaban J connectivity index is 1.65. The van der Waals surface area contributed by atoms with Crippen LogP contribution in [-0.2, 0) is 4.79 Å². The second-order valence-electron chi connectivity index (χ2n) is 8.90. The van der Waals surface area contributed by atoms with Crippen molar-refractivity contribution in [1.82, 2.24) is 15.1 Å². The van der Waals surface area contributed by atoms with Crippen molar-refractivity contribution in [3.05, 3.63) is 72.3 Å². The molecule has 38 heavy (non-hydrogen) atoms. The van der Waals surface area contributed by atoms with E-state index in [0.29, 0.717) is 35.0 Å². The molecule has 0 spiro atoms. The van der Waals surface area contributed by atoms with Gasteiger partial charge in [-0.25, -0.2) is 4.79 Å². The van der Waals surface area contributed by atoms with E-state index in [-0.39, 0.29) is 18.7 Å². The predicted molar refractivity (Wildman–Crippen MR) is 144 cm³/mol. The average molecular weight is 513 g/mol. The minimum atomic E-state index is -0.469. The molecular weight excluding hydrogens is 484 g/mol. The molecule has 9 nitrogen and oxygen atoms in total. The molecule has 1 aliphatic heterocycles. The van der Waals surface area contributed by atoms with Crippen LogP contribution in [0, 0.1) is 6.92 Å². The zero-order valence-corrected chi connectivity index (χ0v) is 21.4. The quantitative estimate of drug-likeness (QED) is 0.308. The number of hydrogen-bond acceptors (Lipinski definition) is 6. The van der Waals surface area contributed by atoms with Gasteiger partial charge in [0.05, 0.1) is 11.3 Å². The molecule has 0 bridgehead atoms. The first-order valence-electron chi connectivity index (χ1n) is 12.4. The Bertz CT molecular complexity index is 1490. The van der Waals surface area contributed by atoms with Gasteiger partial charge in [-0.05, 0) is 66.9 Å². The highest BCUT2D eigenvalue weighted by Gasteiger charge is 2.26. The fraction of sp³-hybridized carbons (Fsp3) is 0.207. The molecule has 5 rings (SSSR count). The molecule has 0 radical (unpaired) electrons. The van der Waals surface area contributed by atoms with Crippen LogP contribution in [0.3, 0.4) is 0 Å². The van der Waals surface area contributed by atoms with E-state index in [1.165, 1.54) is 6.92 Å². The summed E-state index contributed by atoms with van der Waals surface area (Å²) in [6, 6.07) is 20.4. The van der Waals surface area contributed by atoms with Gasteiger partial charge in [-0.1, -0.05) is 31.2 Å². The largest absolute Gasteiger partial charge is 0.454 e. The van der Waals surface area contributed by atoms with Crippen molar-refractivity contribution in [2.24, 2.45) is 0 Å². The fourth-order valence-corrected chi connectivity index (χ4v) is 4.21. The number of carbonyl (C=O) groups excluding carboxylic acids is 2. The van der Waals surface area contributed by atoms with Crippen molar-refractivity contribution in [2.45, 2.75) is 27.2 Å². The molecule has 0 atom stereocenters. The number of urea groups is 1. The van der Waals surface area contributed by atoms with Gasteiger partial charge in [0.25, 0.3) is 0 Å². The van der Waals surface area contributed by atoms with Gasteiger partial charge >= 0.3 is 12.0 Å². The Labute approximate surface area is 220 Å². The molecule has 0 saturated heterocycles. The molecule has 1 aliphatic rings. The summed E-state index contributed by atoms with van der Waals surface area (Å²) in [5.74, 6) is 1.09. The highest BCUT2D eigenvalue weighted by molar-refractivity contribution is 5.91. The van der Waals surface area contributed by atoms with E-state index in [1.807, 2.05) is 68.4 Å². The van der Waals surface area contributed by atoms with Crippen molar-refractivity contribution in [1.29, 1.82) is 0 Å². The zero-order valence-electron chi connectivity index (χ0n) is 21.4. The highest BCUT2D eigenvalue weighted by atomic mass is 16.7. The number of esters is 1. The number of aryl methyl sites for hydroxylation is 1. The number of nitrogens with zero attached hydrogens (tertiary/aromatic N) is 2. The van der Waals surface area contributed by atoms with Crippen LogP contribution in [0.1, 0.15) is 25.8 Å². The third-order valence-electron chi connectivity index (χ3n) is 5.94. The minimum Gasteiger partial charge on any atom is -0.454 e. The first-order valence-corrected chi connectivity index (χ1v) is 12.4. The summed E-state index contributed by atoms with van der Waals surface area (Å²) in [5.41, 5.74) is 5.17. The number of aromatic nitrogens is 2. The molecule has 2 amide bonds. The van der Waals surface area contributed by atoms with Crippen molar-refractivity contribution < 1.29 is 23.8 Å². The Morgan fingerprint density at radius 1 is 1.00 bits per heavy atom. The van der Waals surface area contributed by atoms with E-state index < -0.39 is 5.97 Å². The fourth-order valence-electron chi connectivity index (χ4n) is 4.21. The molecule has 9 heteroatoms. The van der Waals surface area contributed by atoms with Gasteiger partial charge in [-0.3, -0.25) is 4.79 Å². The molecule has 0 fully saturated rings. The van der Waals surface area contributed by atoms with Gasteiger partial charge in [-0.15, -0.1) is 0 Å². The Kier molecular flexibility index (Phi) is 6.99. The molecule has 2 N–H and O–H groups in total. The van der Waals surface area contributed by atoms with Gasteiger partial charge in [0.2, 0.25) is 12.7 Å². The maximum Gasteiger partial charge on any atom is 0.319 e. The topological polar surface area (TPSA) is 104 Å². The van der Waals surface area contributed by atoms with Crippen molar-refractivity contribution >= 4 is 17.7 Å². The molecule has 3 aromatic carbocycles. The lowest BCUT2D eigenvalue weighted by Crippen LogP contribution is -2.29. The molecule has 2 heterocycles. The standard InChI is InChI=1S/C29H28N4O5/c1-4-14-30-29(35)31-22-11-8-20(9-12-22)26-27(21-10-13-24-25(16-21)37-17-36-24)32-33(28(26)38-19(3)34)23-7-5-6-18(2)15-23/h5-13,15-16H,4,14,17H2,1-3H3,(H2,30,31,35). The maximum absolute atomic E-state index is 12.3. The number of anilines is 1. The number of rotatable bonds is 7. The molecule has 0 unspecified atom stereocenters. The van der Waals surface area contributed by atoms with Crippen LogP contribution in [-0.4, -0.2) is 35.1 Å². The second kappa shape index (κ2) is 10.7. The number of fused-ring (bicyclic) bond motifs is 1. The predicted octanol–water partition coefficient (Wildman–Crippen LogP) is 5.70. The number of hydrogen-bond donors (Lipinski definition) is 2. The smallest absolute Gasteiger partial charge is 0.319 e. The molecule has 4 aromatic rings. The zero-order chi connectivity index (χ0) is 26.6. The van der Waals surface area contributed by atoms with Gasteiger partial charge in [0, 0.05) is 24.7 Å². The number of carbonyl (C=O) groups is 2. The van der Waals surface area contributed by atoms with Gasteiger partial charge in [-0.2, -0.15) is 9.78 Å². The minimum absolute atomic E-state index is 0.155. The summed E-state index contributed by atoms with van der Waals surface area (Å²) in [6.07, 6.45) is 0.846. The third kappa shape index (κ3) is 5.17. The lowest BCUT2D eigenvalue weighted by molar-refractivity contribution is -0.132. The summed E-state index contributed by atoms with van der Waals surface area (Å²) in [7, 11) is 0. The van der Waals surface area contributed by atoms with Crippen molar-refractivity contribution in [3.63, 3.8) is 0 Å². The summed E-state index contributed by atoms with van der Waals surface area (Å²) in [6.45, 7) is 6.08. The van der Waals surface area contributed by atoms with E-state index in [9.17, 15) is 9.59 Å². The van der Waals surface area contributed by atoms with E-state index >= 15 is 0 Å². The van der Waals surface area contributed by atoms with Crippen LogP contribution in [0.25, 0.3) is 28.1 Å². The number of amides is 2. The third-order valence-corrected chi connectivity index (χ3v) is 5.94. The molecule has 1 aromatic heterocycles. The number of nitrogens with one attached hydrogen (secondary N) is 2. The molecule has 0 aliphatic carbocycles. The van der Waals surface area contributed by atoms with Gasteiger partial charge in [0.15, 0.2) is 11.5 Å². The summed E-state index contributed by atoms with van der Waals surface area (Å²) < 4.78 is 18.5. The van der Waals surface area contributed by atoms with Gasteiger partial charge in [0.1, 0.15) is 5.69 Å². The molecule has 194 valence electrons. The van der Waals surface area contributed by atoms with Crippen LogP contribution in [0.4, 0.5) is 10.5 Å². The average Bonchev–Trinajstić information content (AvgIpc) is 3.52. The Morgan fingerprint density at radius 2 is 1.76 bits per heavy atom.